The molecular weight excluding hydrogens is 373 g/mol. The summed E-state index contributed by atoms with van der Waals surface area (Å²) in [6.45, 7) is 3.05. The van der Waals surface area contributed by atoms with E-state index in [0.717, 1.165) is 37.3 Å². The number of pyridine rings is 1. The molecule has 1 aromatic carbocycles. The normalized spacial score (nSPS) is 18.5. The number of hydrogen-bond acceptors (Lipinski definition) is 4. The summed E-state index contributed by atoms with van der Waals surface area (Å²) in [7, 11) is 0. The summed E-state index contributed by atoms with van der Waals surface area (Å²) in [5.41, 5.74) is 1.18. The zero-order valence-electron chi connectivity index (χ0n) is 14.2. The number of ether oxygens (including phenoxy) is 1. The second-order valence-electron chi connectivity index (χ2n) is 6.67. The van der Waals surface area contributed by atoms with Gasteiger partial charge in [0.05, 0.1) is 34.4 Å². The van der Waals surface area contributed by atoms with E-state index in [1.807, 2.05) is 24.3 Å². The maximum atomic E-state index is 12.7. The summed E-state index contributed by atoms with van der Waals surface area (Å²) in [6.07, 6.45) is 3.40. The fraction of sp³-hybridized carbons (Fsp3) is 0.368. The van der Waals surface area contributed by atoms with Gasteiger partial charge in [-0.2, -0.15) is 0 Å². The molecule has 2 aliphatic rings. The minimum Gasteiger partial charge on any atom is -0.378 e. The third-order valence-corrected chi connectivity index (χ3v) is 5.66. The third kappa shape index (κ3) is 3.52. The Bertz CT molecular complexity index is 816. The van der Waals surface area contributed by atoms with Crippen molar-refractivity contribution >= 4 is 34.9 Å². The van der Waals surface area contributed by atoms with Crippen molar-refractivity contribution < 1.29 is 9.53 Å². The lowest BCUT2D eigenvalue weighted by Gasteiger charge is -2.27. The zero-order valence-corrected chi connectivity index (χ0v) is 15.7. The topological polar surface area (TPSA) is 54.5 Å². The van der Waals surface area contributed by atoms with Gasteiger partial charge in [-0.05, 0) is 42.7 Å². The van der Waals surface area contributed by atoms with Gasteiger partial charge in [0, 0.05) is 19.3 Å². The second-order valence-corrected chi connectivity index (χ2v) is 7.48. The van der Waals surface area contributed by atoms with Gasteiger partial charge in [-0.3, -0.25) is 4.79 Å². The number of benzene rings is 1. The summed E-state index contributed by atoms with van der Waals surface area (Å²) in [4.78, 5) is 19.3. The Labute approximate surface area is 162 Å². The third-order valence-electron chi connectivity index (χ3n) is 4.92. The molecule has 1 aliphatic carbocycles. The Hall–Kier alpha value is -1.82. The van der Waals surface area contributed by atoms with E-state index in [4.69, 9.17) is 27.9 Å². The predicted molar refractivity (Wildman–Crippen MR) is 102 cm³/mol. The molecule has 26 heavy (non-hydrogen) atoms. The molecule has 1 aromatic heterocycles. The lowest BCUT2D eigenvalue weighted by atomic mass is 10.0. The Morgan fingerprint density at radius 1 is 1.12 bits per heavy atom. The van der Waals surface area contributed by atoms with Crippen molar-refractivity contribution in [2.45, 2.75) is 18.4 Å². The molecule has 0 bridgehead atoms. The minimum atomic E-state index is -0.353. The van der Waals surface area contributed by atoms with Crippen molar-refractivity contribution in [3.8, 4) is 0 Å². The molecule has 5 nitrogen and oxygen atoms in total. The van der Waals surface area contributed by atoms with Gasteiger partial charge in [-0.1, -0.05) is 29.3 Å². The van der Waals surface area contributed by atoms with Crippen LogP contribution < -0.4 is 10.2 Å². The first-order chi connectivity index (χ1) is 12.6. The van der Waals surface area contributed by atoms with Gasteiger partial charge in [0.15, 0.2) is 0 Å². The Morgan fingerprint density at radius 3 is 2.50 bits per heavy atom. The van der Waals surface area contributed by atoms with Gasteiger partial charge in [0.1, 0.15) is 5.82 Å². The number of nitrogens with zero attached hydrogens (tertiary/aromatic N) is 2. The van der Waals surface area contributed by atoms with Crippen LogP contribution in [0.25, 0.3) is 0 Å². The molecule has 1 saturated heterocycles. The highest BCUT2D eigenvalue weighted by molar-refractivity contribution is 6.42. The lowest BCUT2D eigenvalue weighted by Crippen LogP contribution is -2.37. The second kappa shape index (κ2) is 7.06. The Morgan fingerprint density at radius 2 is 1.88 bits per heavy atom. The molecule has 0 radical (unpaired) electrons. The summed E-state index contributed by atoms with van der Waals surface area (Å²) in [5, 5.41) is 4.15. The highest BCUT2D eigenvalue weighted by atomic mass is 35.5. The number of anilines is 1. The van der Waals surface area contributed by atoms with E-state index in [0.29, 0.717) is 28.8 Å². The highest BCUT2D eigenvalue weighted by Crippen LogP contribution is 2.46. The number of rotatable bonds is 4. The summed E-state index contributed by atoms with van der Waals surface area (Å²) in [5.74, 6) is 0.741. The average molecular weight is 392 g/mol. The van der Waals surface area contributed by atoms with Crippen LogP contribution in [0.15, 0.2) is 36.5 Å². The Kier molecular flexibility index (Phi) is 4.78. The van der Waals surface area contributed by atoms with Crippen molar-refractivity contribution in [2.24, 2.45) is 0 Å². The monoisotopic (exact) mass is 391 g/mol. The van der Waals surface area contributed by atoms with Crippen molar-refractivity contribution in [3.63, 3.8) is 0 Å². The van der Waals surface area contributed by atoms with Gasteiger partial charge in [-0.15, -0.1) is 0 Å². The smallest absolute Gasteiger partial charge is 0.253 e. The quantitative estimate of drug-likeness (QED) is 0.863. The maximum Gasteiger partial charge on any atom is 0.253 e. The summed E-state index contributed by atoms with van der Waals surface area (Å²) >= 11 is 12.1. The summed E-state index contributed by atoms with van der Waals surface area (Å²) < 4.78 is 5.35. The van der Waals surface area contributed by atoms with Crippen molar-refractivity contribution in [3.05, 3.63) is 57.7 Å². The van der Waals surface area contributed by atoms with Crippen molar-refractivity contribution in [2.75, 3.05) is 31.2 Å². The van der Waals surface area contributed by atoms with E-state index in [-0.39, 0.29) is 11.4 Å². The molecule has 7 heteroatoms. The van der Waals surface area contributed by atoms with Crippen molar-refractivity contribution in [1.29, 1.82) is 0 Å². The van der Waals surface area contributed by atoms with E-state index in [9.17, 15) is 4.79 Å². The van der Waals surface area contributed by atoms with Crippen LogP contribution in [0.5, 0.6) is 0 Å². The number of carbonyl (C=O) groups excluding carboxylic acids is 1. The van der Waals surface area contributed by atoms with E-state index >= 15 is 0 Å². The van der Waals surface area contributed by atoms with Gasteiger partial charge >= 0.3 is 0 Å². The molecule has 4 rings (SSSR count). The molecule has 1 aliphatic heterocycles. The molecular formula is C19H19Cl2N3O2. The SMILES string of the molecule is O=C(NC1(c2ccc(Cl)c(Cl)c2)CC1)c1ccc(N2CCOCC2)nc1. The summed E-state index contributed by atoms with van der Waals surface area (Å²) in [6, 6.07) is 9.22. The number of halogens is 2. The van der Waals surface area contributed by atoms with Crippen LogP contribution in [0.3, 0.4) is 0 Å². The highest BCUT2D eigenvalue weighted by Gasteiger charge is 2.46. The number of amides is 1. The van der Waals surface area contributed by atoms with Crippen LogP contribution in [0.1, 0.15) is 28.8 Å². The van der Waals surface area contributed by atoms with E-state index in [1.165, 1.54) is 0 Å². The molecule has 2 aromatic rings. The number of morpholine rings is 1. The van der Waals surface area contributed by atoms with Gasteiger partial charge in [0.2, 0.25) is 0 Å². The number of carbonyl (C=O) groups is 1. The first-order valence-corrected chi connectivity index (χ1v) is 9.40. The van der Waals surface area contributed by atoms with Gasteiger partial charge in [-0.25, -0.2) is 4.98 Å². The van der Waals surface area contributed by atoms with Crippen LogP contribution in [0.4, 0.5) is 5.82 Å². The largest absolute Gasteiger partial charge is 0.378 e. The number of nitrogens with one attached hydrogen (secondary N) is 1. The molecule has 1 N–H and O–H groups in total. The van der Waals surface area contributed by atoms with Gasteiger partial charge < -0.3 is 15.0 Å². The molecule has 0 atom stereocenters. The zero-order chi connectivity index (χ0) is 18.1. The van der Waals surface area contributed by atoms with Crippen LogP contribution >= 0.6 is 23.2 Å². The number of hydrogen-bond donors (Lipinski definition) is 1. The van der Waals surface area contributed by atoms with E-state index in [1.54, 1.807) is 12.3 Å². The van der Waals surface area contributed by atoms with Crippen molar-refractivity contribution in [1.82, 2.24) is 10.3 Å². The number of aromatic nitrogens is 1. The molecule has 0 spiro atoms. The molecule has 1 amide bonds. The fourth-order valence-electron chi connectivity index (χ4n) is 3.19. The lowest BCUT2D eigenvalue weighted by molar-refractivity contribution is 0.0930. The van der Waals surface area contributed by atoms with Crippen LogP contribution in [-0.4, -0.2) is 37.2 Å². The van der Waals surface area contributed by atoms with E-state index < -0.39 is 0 Å². The van der Waals surface area contributed by atoms with Crippen LogP contribution in [0, 0.1) is 0 Å². The predicted octanol–water partition coefficient (Wildman–Crippen LogP) is 3.64. The molecule has 136 valence electrons. The standard InChI is InChI=1S/C19H19Cl2N3O2/c20-15-3-2-14(11-16(15)21)19(5-6-19)23-18(25)13-1-4-17(22-12-13)24-7-9-26-10-8-24/h1-4,11-12H,5-10H2,(H,23,25). The minimum absolute atomic E-state index is 0.130. The van der Waals surface area contributed by atoms with Crippen LogP contribution in [0.2, 0.25) is 10.0 Å². The first-order valence-electron chi connectivity index (χ1n) is 8.64. The fourth-order valence-corrected chi connectivity index (χ4v) is 3.49. The Balaban J connectivity index is 1.46. The maximum absolute atomic E-state index is 12.7. The molecule has 0 unspecified atom stereocenters. The average Bonchev–Trinajstić information content (AvgIpc) is 3.45. The first kappa shape index (κ1) is 17.6. The molecule has 2 heterocycles. The van der Waals surface area contributed by atoms with Crippen LogP contribution in [-0.2, 0) is 10.3 Å². The molecule has 2 fully saturated rings. The van der Waals surface area contributed by atoms with Gasteiger partial charge in [0.25, 0.3) is 5.91 Å². The van der Waals surface area contributed by atoms with E-state index in [2.05, 4.69) is 15.2 Å². The molecule has 1 saturated carbocycles.